The molecule has 1 aliphatic rings. The fourth-order valence-corrected chi connectivity index (χ4v) is 3.65. The van der Waals surface area contributed by atoms with Gasteiger partial charge in [0.15, 0.2) is 11.5 Å². The number of aryl methyl sites for hydroxylation is 1. The molecule has 8 heteroatoms. The molecule has 2 heterocycles. The molecule has 1 aromatic carbocycles. The summed E-state index contributed by atoms with van der Waals surface area (Å²) in [7, 11) is 3.11. The summed E-state index contributed by atoms with van der Waals surface area (Å²) in [5.41, 5.74) is 10.1. The van der Waals surface area contributed by atoms with Crippen molar-refractivity contribution in [1.82, 2.24) is 9.88 Å². The molecule has 0 saturated heterocycles. The molecule has 2 aromatic rings. The summed E-state index contributed by atoms with van der Waals surface area (Å²) in [6.07, 6.45) is 0.121. The molecule has 2 N–H and O–H groups in total. The average Bonchev–Trinajstić information content (AvgIpc) is 2.71. The lowest BCUT2D eigenvalue weighted by atomic mass is 9.89. The van der Waals surface area contributed by atoms with Gasteiger partial charge in [-0.15, -0.1) is 0 Å². The number of ether oxygens (including phenoxy) is 3. The SMILES string of the molecule is CCOC(=O)N1CCc2nc(N)c(C#N)c(-c3cc(C)cc(OC)c3OC)c2C1. The van der Waals surface area contributed by atoms with Crippen LogP contribution in [0.3, 0.4) is 0 Å². The van der Waals surface area contributed by atoms with Crippen LogP contribution < -0.4 is 15.2 Å². The molecular weight excluding hydrogens is 372 g/mol. The van der Waals surface area contributed by atoms with Crippen molar-refractivity contribution in [2.24, 2.45) is 0 Å². The number of hydrogen-bond acceptors (Lipinski definition) is 7. The zero-order valence-corrected chi connectivity index (χ0v) is 17.0. The Bertz CT molecular complexity index is 997. The van der Waals surface area contributed by atoms with Gasteiger partial charge in [-0.3, -0.25) is 0 Å². The van der Waals surface area contributed by atoms with Gasteiger partial charge in [0.25, 0.3) is 0 Å². The van der Waals surface area contributed by atoms with E-state index in [0.717, 1.165) is 16.8 Å². The lowest BCUT2D eigenvalue weighted by Gasteiger charge is -2.30. The number of amides is 1. The number of benzene rings is 1. The highest BCUT2D eigenvalue weighted by molar-refractivity contribution is 5.85. The topological polar surface area (TPSA) is 111 Å². The molecule has 0 bridgehead atoms. The Hall–Kier alpha value is -3.47. The number of nitrogens with zero attached hydrogens (tertiary/aromatic N) is 3. The number of carbonyl (C=O) groups is 1. The highest BCUT2D eigenvalue weighted by Gasteiger charge is 2.30. The largest absolute Gasteiger partial charge is 0.493 e. The molecule has 152 valence electrons. The Labute approximate surface area is 169 Å². The van der Waals surface area contributed by atoms with Crippen LogP contribution in [0.5, 0.6) is 11.5 Å². The van der Waals surface area contributed by atoms with Gasteiger partial charge in [0.05, 0.1) is 33.1 Å². The van der Waals surface area contributed by atoms with E-state index in [0.29, 0.717) is 42.2 Å². The first-order valence-electron chi connectivity index (χ1n) is 9.31. The predicted molar refractivity (Wildman–Crippen MR) is 108 cm³/mol. The van der Waals surface area contributed by atoms with Gasteiger partial charge >= 0.3 is 6.09 Å². The van der Waals surface area contributed by atoms with Gasteiger partial charge in [-0.2, -0.15) is 5.26 Å². The molecule has 0 unspecified atom stereocenters. The molecule has 0 aliphatic carbocycles. The van der Waals surface area contributed by atoms with Crippen molar-refractivity contribution in [2.75, 3.05) is 33.1 Å². The fraction of sp³-hybridized carbons (Fsp3) is 0.381. The lowest BCUT2D eigenvalue weighted by molar-refractivity contribution is 0.102. The Morgan fingerprint density at radius 2 is 2.10 bits per heavy atom. The van der Waals surface area contributed by atoms with Crippen molar-refractivity contribution in [3.8, 4) is 28.7 Å². The number of rotatable bonds is 4. The van der Waals surface area contributed by atoms with E-state index in [1.807, 2.05) is 19.1 Å². The van der Waals surface area contributed by atoms with Crippen molar-refractivity contribution in [1.29, 1.82) is 5.26 Å². The number of pyridine rings is 1. The minimum absolute atomic E-state index is 0.161. The van der Waals surface area contributed by atoms with Crippen molar-refractivity contribution < 1.29 is 19.0 Å². The average molecular weight is 396 g/mol. The first-order valence-corrected chi connectivity index (χ1v) is 9.31. The first kappa shape index (κ1) is 20.3. The molecule has 1 amide bonds. The second-order valence-electron chi connectivity index (χ2n) is 6.70. The van der Waals surface area contributed by atoms with Gasteiger partial charge < -0.3 is 24.8 Å². The number of anilines is 1. The lowest BCUT2D eigenvalue weighted by Crippen LogP contribution is -2.37. The van der Waals surface area contributed by atoms with E-state index >= 15 is 0 Å². The predicted octanol–water partition coefficient (Wildman–Crippen LogP) is 3.04. The van der Waals surface area contributed by atoms with Crippen LogP contribution >= 0.6 is 0 Å². The summed E-state index contributed by atoms with van der Waals surface area (Å²) < 4.78 is 16.3. The highest BCUT2D eigenvalue weighted by atomic mass is 16.6. The van der Waals surface area contributed by atoms with E-state index in [2.05, 4.69) is 11.1 Å². The molecule has 0 atom stereocenters. The summed E-state index contributed by atoms with van der Waals surface area (Å²) in [6, 6.07) is 5.95. The van der Waals surface area contributed by atoms with Crippen LogP contribution in [-0.2, 0) is 17.7 Å². The molecule has 0 fully saturated rings. The van der Waals surface area contributed by atoms with E-state index in [9.17, 15) is 10.1 Å². The highest BCUT2D eigenvalue weighted by Crippen LogP contribution is 2.44. The van der Waals surface area contributed by atoms with Crippen LogP contribution in [0.2, 0.25) is 0 Å². The van der Waals surface area contributed by atoms with Crippen LogP contribution in [0.4, 0.5) is 10.6 Å². The maximum absolute atomic E-state index is 12.3. The quantitative estimate of drug-likeness (QED) is 0.845. The number of carbonyl (C=O) groups excluding carboxylic acids is 1. The van der Waals surface area contributed by atoms with Crippen molar-refractivity contribution in [2.45, 2.75) is 26.8 Å². The number of nitrogen functional groups attached to an aromatic ring is 1. The van der Waals surface area contributed by atoms with Gasteiger partial charge in [0, 0.05) is 29.7 Å². The third-order valence-electron chi connectivity index (χ3n) is 4.91. The molecule has 0 saturated carbocycles. The Morgan fingerprint density at radius 3 is 2.72 bits per heavy atom. The van der Waals surface area contributed by atoms with E-state index in [1.165, 1.54) is 0 Å². The summed E-state index contributed by atoms with van der Waals surface area (Å²) in [4.78, 5) is 18.3. The third kappa shape index (κ3) is 3.63. The van der Waals surface area contributed by atoms with Gasteiger partial charge in [-0.25, -0.2) is 9.78 Å². The first-order chi connectivity index (χ1) is 13.9. The zero-order chi connectivity index (χ0) is 21.1. The minimum Gasteiger partial charge on any atom is -0.493 e. The molecule has 3 rings (SSSR count). The van der Waals surface area contributed by atoms with E-state index < -0.39 is 6.09 Å². The summed E-state index contributed by atoms with van der Waals surface area (Å²) in [5, 5.41) is 9.83. The van der Waals surface area contributed by atoms with E-state index in [4.69, 9.17) is 19.9 Å². The number of methoxy groups -OCH3 is 2. The maximum atomic E-state index is 12.3. The molecule has 0 spiro atoms. The second-order valence-corrected chi connectivity index (χ2v) is 6.70. The van der Waals surface area contributed by atoms with Gasteiger partial charge in [-0.1, -0.05) is 0 Å². The normalized spacial score (nSPS) is 12.7. The summed E-state index contributed by atoms with van der Waals surface area (Å²) in [6.45, 7) is 4.73. The van der Waals surface area contributed by atoms with Gasteiger partial charge in [0.1, 0.15) is 17.5 Å². The maximum Gasteiger partial charge on any atom is 0.410 e. The molecular formula is C21H24N4O4. The standard InChI is InChI=1S/C21H24N4O4/c1-5-29-21(26)25-7-6-16-15(11-25)18(14(10-22)20(23)24-16)13-8-12(2)9-17(27-3)19(13)28-4/h8-9H,5-7,11H2,1-4H3,(H2,23,24). The Balaban J connectivity index is 2.28. The molecule has 1 aliphatic heterocycles. The summed E-state index contributed by atoms with van der Waals surface area (Å²) in [5.74, 6) is 1.21. The smallest absolute Gasteiger partial charge is 0.410 e. The molecule has 0 radical (unpaired) electrons. The van der Waals surface area contributed by atoms with Crippen molar-refractivity contribution in [3.05, 3.63) is 34.5 Å². The van der Waals surface area contributed by atoms with Crippen LogP contribution in [0.15, 0.2) is 12.1 Å². The third-order valence-corrected chi connectivity index (χ3v) is 4.91. The number of aromatic nitrogens is 1. The number of fused-ring (bicyclic) bond motifs is 1. The van der Waals surface area contributed by atoms with Gasteiger partial charge in [0.2, 0.25) is 0 Å². The molecule has 29 heavy (non-hydrogen) atoms. The Morgan fingerprint density at radius 1 is 1.34 bits per heavy atom. The van der Waals surface area contributed by atoms with Crippen LogP contribution in [-0.4, -0.2) is 43.3 Å². The van der Waals surface area contributed by atoms with E-state index in [1.54, 1.807) is 26.0 Å². The van der Waals surface area contributed by atoms with Crippen LogP contribution in [0.25, 0.3) is 11.1 Å². The minimum atomic E-state index is -0.395. The second kappa shape index (κ2) is 8.27. The van der Waals surface area contributed by atoms with Crippen molar-refractivity contribution >= 4 is 11.9 Å². The number of nitriles is 1. The zero-order valence-electron chi connectivity index (χ0n) is 17.0. The van der Waals surface area contributed by atoms with E-state index in [-0.39, 0.29) is 17.9 Å². The fourth-order valence-electron chi connectivity index (χ4n) is 3.65. The number of nitrogens with two attached hydrogens (primary N) is 1. The number of hydrogen-bond donors (Lipinski definition) is 1. The van der Waals surface area contributed by atoms with Crippen molar-refractivity contribution in [3.63, 3.8) is 0 Å². The molecule has 1 aromatic heterocycles. The van der Waals surface area contributed by atoms with Crippen LogP contribution in [0.1, 0.15) is 29.3 Å². The monoisotopic (exact) mass is 396 g/mol. The molecule has 8 nitrogen and oxygen atoms in total. The Kier molecular flexibility index (Phi) is 5.78. The van der Waals surface area contributed by atoms with Gasteiger partial charge in [-0.05, 0) is 31.5 Å². The van der Waals surface area contributed by atoms with Crippen LogP contribution in [0, 0.1) is 18.3 Å². The summed E-state index contributed by atoms with van der Waals surface area (Å²) >= 11 is 0.